The number of likely N-dealkylation sites (tertiary alicyclic amines) is 1. The number of carbonyl (C=O) groups excluding carboxylic acids is 1. The number of hydrogen-bond donors (Lipinski definition) is 1. The van der Waals surface area contributed by atoms with Gasteiger partial charge < -0.3 is 10.1 Å². The highest BCUT2D eigenvalue weighted by Gasteiger charge is 2.33. The van der Waals surface area contributed by atoms with E-state index in [-0.39, 0.29) is 23.3 Å². The molecule has 2 aromatic carbocycles. The molecule has 0 aromatic heterocycles. The van der Waals surface area contributed by atoms with E-state index in [1.807, 2.05) is 12.1 Å². The van der Waals surface area contributed by atoms with E-state index in [2.05, 4.69) is 22.3 Å². The summed E-state index contributed by atoms with van der Waals surface area (Å²) in [4.78, 5) is 15.5. The lowest BCUT2D eigenvalue weighted by atomic mass is 9.98. The topological polar surface area (TPSA) is 79.0 Å². The van der Waals surface area contributed by atoms with Gasteiger partial charge in [0, 0.05) is 26.2 Å². The number of nitrogens with zero attached hydrogens (tertiary/aromatic N) is 2. The maximum Gasteiger partial charge on any atom is 0.243 e. The molecule has 1 atom stereocenters. The summed E-state index contributed by atoms with van der Waals surface area (Å²) in [5.74, 6) is 0.170. The summed E-state index contributed by atoms with van der Waals surface area (Å²) in [6.07, 6.45) is 3.89. The highest BCUT2D eigenvalue weighted by molar-refractivity contribution is 7.89. The molecule has 2 heterocycles. The smallest absolute Gasteiger partial charge is 0.243 e. The fourth-order valence-corrected chi connectivity index (χ4v) is 6.17. The van der Waals surface area contributed by atoms with Gasteiger partial charge in [0.1, 0.15) is 5.75 Å². The van der Waals surface area contributed by atoms with Crippen LogP contribution in [-0.2, 0) is 27.9 Å². The van der Waals surface area contributed by atoms with E-state index >= 15 is 0 Å². The number of ether oxygens (including phenoxy) is 1. The van der Waals surface area contributed by atoms with Crippen molar-refractivity contribution >= 4 is 15.9 Å². The Morgan fingerprint density at radius 2 is 1.76 bits per heavy atom. The Bertz CT molecular complexity index is 1050. The summed E-state index contributed by atoms with van der Waals surface area (Å²) in [7, 11) is -2.10. The average Bonchev–Trinajstić information content (AvgIpc) is 3.36. The standard InChI is InChI=1S/C25H33N3O4S/c1-32-23-9-11-24(12-10-23)33(30,31)28-15-5-8-22(19-28)25(29)26-17-20-6-4-7-21(16-20)18-27-13-2-3-14-27/h4,6-7,9-12,16,22H,2-3,5,8,13-15,17-19H2,1H3,(H,26,29)/t22-/m0/s1. The molecule has 4 rings (SSSR count). The highest BCUT2D eigenvalue weighted by Crippen LogP contribution is 2.25. The largest absolute Gasteiger partial charge is 0.497 e. The minimum atomic E-state index is -3.64. The molecule has 0 saturated carbocycles. The first-order valence-corrected chi connectivity index (χ1v) is 13.1. The second kappa shape index (κ2) is 10.7. The van der Waals surface area contributed by atoms with Gasteiger partial charge in [0.25, 0.3) is 0 Å². The molecule has 2 aliphatic rings. The van der Waals surface area contributed by atoms with Crippen LogP contribution in [0.5, 0.6) is 5.75 Å². The predicted molar refractivity (Wildman–Crippen MR) is 127 cm³/mol. The summed E-state index contributed by atoms with van der Waals surface area (Å²) >= 11 is 0. The lowest BCUT2D eigenvalue weighted by Crippen LogP contribution is -2.45. The lowest BCUT2D eigenvalue weighted by molar-refractivity contribution is -0.126. The van der Waals surface area contributed by atoms with Crippen LogP contribution in [0.3, 0.4) is 0 Å². The predicted octanol–water partition coefficient (Wildman–Crippen LogP) is 3.01. The summed E-state index contributed by atoms with van der Waals surface area (Å²) < 4.78 is 32.7. The van der Waals surface area contributed by atoms with E-state index in [1.54, 1.807) is 31.4 Å². The second-order valence-electron chi connectivity index (χ2n) is 8.90. The van der Waals surface area contributed by atoms with Gasteiger partial charge in [-0.1, -0.05) is 24.3 Å². The Kier molecular flexibility index (Phi) is 7.67. The third kappa shape index (κ3) is 5.93. The number of sulfonamides is 1. The van der Waals surface area contributed by atoms with Crippen LogP contribution in [0, 0.1) is 5.92 Å². The number of methoxy groups -OCH3 is 1. The quantitative estimate of drug-likeness (QED) is 0.640. The number of benzene rings is 2. The molecular weight excluding hydrogens is 438 g/mol. The van der Waals surface area contributed by atoms with Crippen LogP contribution in [0.15, 0.2) is 53.4 Å². The molecule has 7 nitrogen and oxygen atoms in total. The van der Waals surface area contributed by atoms with Gasteiger partial charge in [-0.3, -0.25) is 9.69 Å². The number of carbonyl (C=O) groups is 1. The van der Waals surface area contributed by atoms with Gasteiger partial charge in [0.2, 0.25) is 15.9 Å². The van der Waals surface area contributed by atoms with Gasteiger partial charge in [0.15, 0.2) is 0 Å². The van der Waals surface area contributed by atoms with Crippen LogP contribution >= 0.6 is 0 Å². The van der Waals surface area contributed by atoms with Crippen LogP contribution < -0.4 is 10.1 Å². The van der Waals surface area contributed by atoms with E-state index in [0.29, 0.717) is 31.7 Å². The Morgan fingerprint density at radius 1 is 1.03 bits per heavy atom. The molecule has 2 saturated heterocycles. The number of rotatable bonds is 8. The Labute approximate surface area is 196 Å². The zero-order chi connectivity index (χ0) is 23.3. The molecule has 0 unspecified atom stereocenters. The Hall–Kier alpha value is -2.42. The van der Waals surface area contributed by atoms with Crippen LogP contribution in [0.1, 0.15) is 36.8 Å². The molecule has 1 N–H and O–H groups in total. The number of piperidine rings is 1. The van der Waals surface area contributed by atoms with E-state index in [9.17, 15) is 13.2 Å². The normalized spacial score (nSPS) is 20.0. The van der Waals surface area contributed by atoms with Crippen molar-refractivity contribution in [3.05, 3.63) is 59.7 Å². The van der Waals surface area contributed by atoms with Crippen molar-refractivity contribution in [2.75, 3.05) is 33.3 Å². The molecule has 2 aliphatic heterocycles. The molecule has 0 spiro atoms. The third-order valence-corrected chi connectivity index (χ3v) is 8.39. The van der Waals surface area contributed by atoms with Crippen molar-refractivity contribution in [2.45, 2.75) is 43.7 Å². The fourth-order valence-electron chi connectivity index (χ4n) is 4.64. The van der Waals surface area contributed by atoms with Gasteiger partial charge in [-0.25, -0.2) is 8.42 Å². The summed E-state index contributed by atoms with van der Waals surface area (Å²) in [6.45, 7) is 4.33. The summed E-state index contributed by atoms with van der Waals surface area (Å²) in [5, 5.41) is 3.03. The Balaban J connectivity index is 1.34. The van der Waals surface area contributed by atoms with Gasteiger partial charge in [-0.2, -0.15) is 4.31 Å². The number of hydrogen-bond acceptors (Lipinski definition) is 5. The molecule has 2 aromatic rings. The number of nitrogens with one attached hydrogen (secondary N) is 1. The van der Waals surface area contributed by atoms with Gasteiger partial charge in [-0.05, 0) is 74.2 Å². The monoisotopic (exact) mass is 471 g/mol. The molecule has 0 bridgehead atoms. The molecule has 8 heteroatoms. The second-order valence-corrected chi connectivity index (χ2v) is 10.8. The minimum absolute atomic E-state index is 0.0884. The van der Waals surface area contributed by atoms with Crippen molar-refractivity contribution in [3.63, 3.8) is 0 Å². The van der Waals surface area contributed by atoms with Crippen molar-refractivity contribution in [1.82, 2.24) is 14.5 Å². The SMILES string of the molecule is COc1ccc(S(=O)(=O)N2CCC[C@H](C(=O)NCc3cccc(CN4CCCC4)c3)C2)cc1. The molecular formula is C25H33N3O4S. The molecule has 0 aliphatic carbocycles. The van der Waals surface area contributed by atoms with E-state index in [1.165, 1.54) is 22.7 Å². The maximum absolute atomic E-state index is 13.1. The van der Waals surface area contributed by atoms with Gasteiger partial charge >= 0.3 is 0 Å². The van der Waals surface area contributed by atoms with Gasteiger partial charge in [-0.15, -0.1) is 0 Å². The molecule has 0 radical (unpaired) electrons. The summed E-state index contributed by atoms with van der Waals surface area (Å²) in [6, 6.07) is 14.7. The van der Waals surface area contributed by atoms with Crippen LogP contribution in [0.2, 0.25) is 0 Å². The first-order chi connectivity index (χ1) is 16.0. The molecule has 178 valence electrons. The lowest BCUT2D eigenvalue weighted by Gasteiger charge is -2.31. The zero-order valence-corrected chi connectivity index (χ0v) is 20.0. The van der Waals surface area contributed by atoms with Crippen molar-refractivity contribution in [2.24, 2.45) is 5.92 Å². The molecule has 2 fully saturated rings. The molecule has 33 heavy (non-hydrogen) atoms. The first kappa shape index (κ1) is 23.7. The first-order valence-electron chi connectivity index (χ1n) is 11.7. The summed E-state index contributed by atoms with van der Waals surface area (Å²) in [5.41, 5.74) is 2.33. The van der Waals surface area contributed by atoms with Crippen molar-refractivity contribution in [3.8, 4) is 5.75 Å². The van der Waals surface area contributed by atoms with E-state index in [4.69, 9.17) is 4.74 Å². The third-order valence-electron chi connectivity index (χ3n) is 6.52. The van der Waals surface area contributed by atoms with Crippen LogP contribution in [-0.4, -0.2) is 56.8 Å². The van der Waals surface area contributed by atoms with Gasteiger partial charge in [0.05, 0.1) is 17.9 Å². The zero-order valence-electron chi connectivity index (χ0n) is 19.2. The average molecular weight is 472 g/mol. The highest BCUT2D eigenvalue weighted by atomic mass is 32.2. The maximum atomic E-state index is 13.1. The fraction of sp³-hybridized carbons (Fsp3) is 0.480. The van der Waals surface area contributed by atoms with Crippen LogP contribution in [0.4, 0.5) is 0 Å². The number of amides is 1. The van der Waals surface area contributed by atoms with Crippen molar-refractivity contribution < 1.29 is 17.9 Å². The Morgan fingerprint density at radius 3 is 2.48 bits per heavy atom. The molecule has 1 amide bonds. The van der Waals surface area contributed by atoms with E-state index < -0.39 is 10.0 Å². The van der Waals surface area contributed by atoms with Crippen molar-refractivity contribution in [1.29, 1.82) is 0 Å². The van der Waals surface area contributed by atoms with Crippen LogP contribution in [0.25, 0.3) is 0 Å². The van der Waals surface area contributed by atoms with E-state index in [0.717, 1.165) is 25.2 Å². The minimum Gasteiger partial charge on any atom is -0.497 e.